The lowest BCUT2D eigenvalue weighted by Crippen LogP contribution is -2.60. The first-order chi connectivity index (χ1) is 15.3. The third-order valence-electron chi connectivity index (χ3n) is 4.43. The number of carbonyl (C=O) groups excluding carboxylic acids is 3. The van der Waals surface area contributed by atoms with Gasteiger partial charge in [-0.1, -0.05) is 13.3 Å². The van der Waals surface area contributed by atoms with Gasteiger partial charge < -0.3 is 29.4 Å². The van der Waals surface area contributed by atoms with Gasteiger partial charge in [-0.2, -0.15) is 8.78 Å². The molecule has 0 aromatic carbocycles. The number of unbranched alkanes of at least 4 members (excludes halogenated alkanes) is 1. The Labute approximate surface area is 203 Å². The number of urea groups is 1. The average molecular weight is 591 g/mol. The van der Waals surface area contributed by atoms with Crippen LogP contribution in [0.3, 0.4) is 0 Å². The SMILES string of the molecule is CCCCOC(=O)NC1NC(=O)N([C@@H]2O[C@H](CO)C(OC(=O)OC(C)(C)C)C2(F)F)C=C1I. The van der Waals surface area contributed by atoms with Crippen LogP contribution in [0.1, 0.15) is 40.5 Å². The largest absolute Gasteiger partial charge is 0.509 e. The molecule has 2 unspecified atom stereocenters. The van der Waals surface area contributed by atoms with Gasteiger partial charge in [0, 0.05) is 9.78 Å². The number of ether oxygens (including phenoxy) is 4. The lowest BCUT2D eigenvalue weighted by Gasteiger charge is -2.35. The van der Waals surface area contributed by atoms with Crippen molar-refractivity contribution in [3.63, 3.8) is 0 Å². The number of aliphatic hydroxyl groups excluding tert-OH is 1. The maximum atomic E-state index is 15.2. The Morgan fingerprint density at radius 2 is 2.06 bits per heavy atom. The van der Waals surface area contributed by atoms with Crippen LogP contribution < -0.4 is 10.6 Å². The van der Waals surface area contributed by atoms with E-state index in [4.69, 9.17) is 18.9 Å². The summed E-state index contributed by atoms with van der Waals surface area (Å²) in [6, 6.07) is -1.01. The number of amides is 3. The molecular formula is C19H28F2IN3O8. The molecule has 0 radical (unpaired) electrons. The van der Waals surface area contributed by atoms with Crippen LogP contribution in [-0.2, 0) is 18.9 Å². The topological polar surface area (TPSA) is 136 Å². The standard InChI is InChI=1S/C19H28F2IN3O8/c1-5-6-7-30-16(28)24-13-10(22)8-25(15(27)23-13)14-19(20,21)12(11(9-26)31-14)32-17(29)33-18(2,3)4/h8,11-14,26H,5-7,9H2,1-4H3,(H,23,27)(H,24,28)/t11-,12?,13?,14-/m1/s1. The summed E-state index contributed by atoms with van der Waals surface area (Å²) in [6.45, 7) is 5.80. The third kappa shape index (κ3) is 7.02. The highest BCUT2D eigenvalue weighted by Crippen LogP contribution is 2.41. The third-order valence-corrected chi connectivity index (χ3v) is 5.33. The van der Waals surface area contributed by atoms with E-state index in [1.807, 2.05) is 6.92 Å². The van der Waals surface area contributed by atoms with Gasteiger partial charge in [-0.25, -0.2) is 14.4 Å². The molecule has 3 amide bonds. The van der Waals surface area contributed by atoms with E-state index in [1.54, 1.807) is 22.6 Å². The summed E-state index contributed by atoms with van der Waals surface area (Å²) < 4.78 is 50.4. The molecule has 2 aliphatic rings. The first-order valence-electron chi connectivity index (χ1n) is 10.2. The highest BCUT2D eigenvalue weighted by molar-refractivity contribution is 14.1. The zero-order chi connectivity index (χ0) is 25.0. The van der Waals surface area contributed by atoms with Gasteiger partial charge in [-0.05, 0) is 49.8 Å². The Hall–Kier alpha value is -1.94. The minimum atomic E-state index is -3.89. The Balaban J connectivity index is 2.14. The van der Waals surface area contributed by atoms with Gasteiger partial charge >= 0.3 is 24.2 Å². The summed E-state index contributed by atoms with van der Waals surface area (Å²) >= 11 is 1.75. The van der Waals surface area contributed by atoms with E-state index in [0.29, 0.717) is 11.3 Å². The Morgan fingerprint density at radius 1 is 1.39 bits per heavy atom. The molecule has 2 aliphatic heterocycles. The van der Waals surface area contributed by atoms with Crippen molar-refractivity contribution in [2.24, 2.45) is 0 Å². The van der Waals surface area contributed by atoms with E-state index >= 15 is 8.78 Å². The molecule has 14 heteroatoms. The Bertz CT molecular complexity index is 777. The van der Waals surface area contributed by atoms with Gasteiger partial charge in [0.15, 0.2) is 0 Å². The second kappa shape index (κ2) is 11.0. The van der Waals surface area contributed by atoms with Crippen LogP contribution in [0.15, 0.2) is 9.78 Å². The van der Waals surface area contributed by atoms with Crippen LogP contribution in [0, 0.1) is 0 Å². The summed E-state index contributed by atoms with van der Waals surface area (Å²) in [5, 5.41) is 14.3. The van der Waals surface area contributed by atoms with Crippen molar-refractivity contribution in [1.29, 1.82) is 0 Å². The van der Waals surface area contributed by atoms with Crippen molar-refractivity contribution in [1.82, 2.24) is 15.5 Å². The first-order valence-corrected chi connectivity index (χ1v) is 11.3. The van der Waals surface area contributed by atoms with E-state index < -0.39 is 61.0 Å². The Kier molecular flexibility index (Phi) is 9.09. The normalized spacial score (nSPS) is 26.8. The van der Waals surface area contributed by atoms with Gasteiger partial charge in [0.25, 0.3) is 0 Å². The summed E-state index contributed by atoms with van der Waals surface area (Å²) in [6.07, 6.45) is -6.59. The maximum absolute atomic E-state index is 15.2. The molecular weight excluding hydrogens is 563 g/mol. The quantitative estimate of drug-likeness (QED) is 0.234. The molecule has 0 saturated carbocycles. The van der Waals surface area contributed by atoms with Crippen LogP contribution in [0.4, 0.5) is 23.2 Å². The average Bonchev–Trinajstić information content (AvgIpc) is 2.93. The summed E-state index contributed by atoms with van der Waals surface area (Å²) in [5.74, 6) is -3.89. The molecule has 0 aliphatic carbocycles. The highest BCUT2D eigenvalue weighted by atomic mass is 127. The number of nitrogens with zero attached hydrogens (tertiary/aromatic N) is 1. The van der Waals surface area contributed by atoms with E-state index in [2.05, 4.69) is 10.6 Å². The van der Waals surface area contributed by atoms with Crippen LogP contribution >= 0.6 is 22.6 Å². The number of alkyl halides is 2. The molecule has 4 atom stereocenters. The van der Waals surface area contributed by atoms with Crippen molar-refractivity contribution >= 4 is 40.9 Å². The number of rotatable bonds is 7. The van der Waals surface area contributed by atoms with Crippen LogP contribution in [-0.4, -0.2) is 77.6 Å². The van der Waals surface area contributed by atoms with E-state index in [1.165, 1.54) is 20.8 Å². The van der Waals surface area contributed by atoms with Gasteiger partial charge in [0.05, 0.1) is 13.2 Å². The fourth-order valence-corrected chi connectivity index (χ4v) is 3.53. The zero-order valence-corrected chi connectivity index (χ0v) is 20.8. The molecule has 0 aromatic heterocycles. The van der Waals surface area contributed by atoms with Crippen molar-refractivity contribution in [2.75, 3.05) is 13.2 Å². The first kappa shape index (κ1) is 27.3. The number of nitrogens with one attached hydrogen (secondary N) is 2. The minimum absolute atomic E-state index is 0.194. The summed E-state index contributed by atoms with van der Waals surface area (Å²) in [5.41, 5.74) is -0.995. The smallest absolute Gasteiger partial charge is 0.450 e. The van der Waals surface area contributed by atoms with Gasteiger partial charge in [-0.15, -0.1) is 0 Å². The van der Waals surface area contributed by atoms with Crippen molar-refractivity contribution in [3.8, 4) is 0 Å². The van der Waals surface area contributed by atoms with Crippen LogP contribution in [0.5, 0.6) is 0 Å². The molecule has 3 N–H and O–H groups in total. The molecule has 0 aromatic rings. The second-order valence-electron chi connectivity index (χ2n) is 8.32. The molecule has 1 fully saturated rings. The molecule has 188 valence electrons. The predicted molar refractivity (Wildman–Crippen MR) is 117 cm³/mol. The molecule has 2 heterocycles. The van der Waals surface area contributed by atoms with Gasteiger partial charge in [-0.3, -0.25) is 10.2 Å². The zero-order valence-electron chi connectivity index (χ0n) is 18.6. The monoisotopic (exact) mass is 591 g/mol. The summed E-state index contributed by atoms with van der Waals surface area (Å²) in [7, 11) is 0. The molecule has 1 saturated heterocycles. The van der Waals surface area contributed by atoms with Crippen molar-refractivity contribution in [3.05, 3.63) is 9.78 Å². The van der Waals surface area contributed by atoms with Gasteiger partial charge in [0.1, 0.15) is 17.9 Å². The predicted octanol–water partition coefficient (Wildman–Crippen LogP) is 2.81. The molecule has 33 heavy (non-hydrogen) atoms. The van der Waals surface area contributed by atoms with E-state index in [-0.39, 0.29) is 10.2 Å². The van der Waals surface area contributed by atoms with Crippen LogP contribution in [0.25, 0.3) is 0 Å². The maximum Gasteiger partial charge on any atom is 0.509 e. The fourth-order valence-electron chi connectivity index (χ4n) is 2.92. The summed E-state index contributed by atoms with van der Waals surface area (Å²) in [4.78, 5) is 36.9. The van der Waals surface area contributed by atoms with Gasteiger partial charge in [0.2, 0.25) is 12.3 Å². The minimum Gasteiger partial charge on any atom is -0.450 e. The number of halogens is 3. The lowest BCUT2D eigenvalue weighted by atomic mass is 10.1. The lowest BCUT2D eigenvalue weighted by molar-refractivity contribution is -0.153. The Morgan fingerprint density at radius 3 is 2.64 bits per heavy atom. The molecule has 2 rings (SSSR count). The second-order valence-corrected chi connectivity index (χ2v) is 9.57. The van der Waals surface area contributed by atoms with E-state index in [9.17, 15) is 19.5 Å². The fraction of sp³-hybridized carbons (Fsp3) is 0.737. The van der Waals surface area contributed by atoms with Crippen molar-refractivity contribution < 1.29 is 47.2 Å². The number of hydrogen-bond acceptors (Lipinski definition) is 8. The van der Waals surface area contributed by atoms with Crippen molar-refractivity contribution in [2.45, 2.75) is 76.7 Å². The number of alkyl carbamates (subject to hydrolysis) is 1. The van der Waals surface area contributed by atoms with Crippen LogP contribution in [0.2, 0.25) is 0 Å². The number of carbonyl (C=O) groups is 3. The molecule has 11 nitrogen and oxygen atoms in total. The molecule has 0 spiro atoms. The van der Waals surface area contributed by atoms with E-state index in [0.717, 1.165) is 12.6 Å². The number of aliphatic hydroxyl groups is 1. The molecule has 0 bridgehead atoms. The highest BCUT2D eigenvalue weighted by Gasteiger charge is 2.64. The number of hydrogen-bond donors (Lipinski definition) is 3.